The van der Waals surface area contributed by atoms with E-state index in [9.17, 15) is 10.1 Å². The quantitative estimate of drug-likeness (QED) is 0.630. The minimum absolute atomic E-state index is 0.0420. The van der Waals surface area contributed by atoms with Crippen molar-refractivity contribution in [1.82, 2.24) is 4.98 Å². The zero-order valence-corrected chi connectivity index (χ0v) is 10.2. The number of rotatable bonds is 3. The molecule has 0 aliphatic rings. The lowest BCUT2D eigenvalue weighted by atomic mass is 10.1. The van der Waals surface area contributed by atoms with Crippen molar-refractivity contribution in [3.63, 3.8) is 0 Å². The Hall–Kier alpha value is -2.14. The van der Waals surface area contributed by atoms with E-state index >= 15 is 0 Å². The average molecular weight is 265 g/mol. The first-order valence-corrected chi connectivity index (χ1v) is 5.44. The third-order valence-corrected chi connectivity index (χ3v) is 2.72. The number of ether oxygens (including phenoxy) is 1. The van der Waals surface area contributed by atoms with Crippen molar-refractivity contribution in [2.75, 3.05) is 7.11 Å². The smallest absolute Gasteiger partial charge is 0.287 e. The van der Waals surface area contributed by atoms with Crippen molar-refractivity contribution < 1.29 is 9.66 Å². The van der Waals surface area contributed by atoms with E-state index in [1.165, 1.54) is 19.4 Å². The molecule has 5 nitrogen and oxygen atoms in total. The predicted octanol–water partition coefficient (Wildman–Crippen LogP) is 3.32. The zero-order valence-electron chi connectivity index (χ0n) is 9.46. The summed E-state index contributed by atoms with van der Waals surface area (Å²) in [6.07, 6.45) is 1.22. The normalized spacial score (nSPS) is 10.1. The monoisotopic (exact) mass is 264 g/mol. The number of hydrogen-bond donors (Lipinski definition) is 0. The van der Waals surface area contributed by atoms with Gasteiger partial charge in [0.05, 0.1) is 22.7 Å². The Bertz CT molecular complexity index is 584. The van der Waals surface area contributed by atoms with Crippen molar-refractivity contribution in [1.29, 1.82) is 0 Å². The summed E-state index contributed by atoms with van der Waals surface area (Å²) in [5.74, 6) is 0.536. The largest absolute Gasteiger partial charge is 0.495 e. The lowest BCUT2D eigenvalue weighted by Gasteiger charge is -2.05. The fourth-order valence-corrected chi connectivity index (χ4v) is 1.68. The predicted molar refractivity (Wildman–Crippen MR) is 67.9 cm³/mol. The van der Waals surface area contributed by atoms with Gasteiger partial charge in [-0.25, -0.2) is 4.98 Å². The van der Waals surface area contributed by atoms with Crippen LogP contribution in [-0.2, 0) is 0 Å². The summed E-state index contributed by atoms with van der Waals surface area (Å²) in [7, 11) is 1.52. The Labute approximate surface area is 108 Å². The van der Waals surface area contributed by atoms with Gasteiger partial charge in [-0.05, 0) is 18.2 Å². The number of halogens is 1. The number of nitro groups is 1. The molecular formula is C12H9ClN2O3. The fraction of sp³-hybridized carbons (Fsp3) is 0.0833. The van der Waals surface area contributed by atoms with Crippen LogP contribution in [0.25, 0.3) is 11.3 Å². The highest BCUT2D eigenvalue weighted by Gasteiger charge is 2.08. The highest BCUT2D eigenvalue weighted by atomic mass is 35.5. The summed E-state index contributed by atoms with van der Waals surface area (Å²) in [6.45, 7) is 0. The maximum Gasteiger partial charge on any atom is 0.287 e. The molecule has 1 heterocycles. The Kier molecular flexibility index (Phi) is 3.43. The van der Waals surface area contributed by atoms with Crippen LogP contribution in [0.2, 0.25) is 5.02 Å². The zero-order chi connectivity index (χ0) is 13.1. The van der Waals surface area contributed by atoms with E-state index in [1.807, 2.05) is 0 Å². The Balaban J connectivity index is 2.39. The first-order valence-electron chi connectivity index (χ1n) is 5.06. The van der Waals surface area contributed by atoms with E-state index in [0.29, 0.717) is 16.5 Å². The molecule has 0 amide bonds. The molecule has 0 radical (unpaired) electrons. The van der Waals surface area contributed by atoms with Gasteiger partial charge < -0.3 is 4.74 Å². The lowest BCUT2D eigenvalue weighted by molar-refractivity contribution is -0.385. The molecule has 92 valence electrons. The summed E-state index contributed by atoms with van der Waals surface area (Å²) in [5.41, 5.74) is 1.36. The Morgan fingerprint density at radius 1 is 1.33 bits per heavy atom. The first kappa shape index (κ1) is 12.3. The standard InChI is InChI=1S/C12H9ClN2O3/c1-18-12-6-8(2-4-10(12)13)11-5-3-9(7-14-11)15(16)17/h2-7H,1H3. The molecule has 0 saturated heterocycles. The molecule has 1 aromatic carbocycles. The van der Waals surface area contributed by atoms with Crippen LogP contribution in [0.4, 0.5) is 5.69 Å². The van der Waals surface area contributed by atoms with Crippen molar-refractivity contribution in [3.8, 4) is 17.0 Å². The molecular weight excluding hydrogens is 256 g/mol. The van der Waals surface area contributed by atoms with Crippen molar-refractivity contribution in [2.24, 2.45) is 0 Å². The van der Waals surface area contributed by atoms with E-state index in [-0.39, 0.29) is 5.69 Å². The van der Waals surface area contributed by atoms with Gasteiger partial charge in [0.15, 0.2) is 0 Å². The molecule has 6 heteroatoms. The number of benzene rings is 1. The SMILES string of the molecule is COc1cc(-c2ccc([N+](=O)[O-])cn2)ccc1Cl. The van der Waals surface area contributed by atoms with Crippen LogP contribution < -0.4 is 4.74 Å². The summed E-state index contributed by atoms with van der Waals surface area (Å²) in [4.78, 5) is 14.1. The summed E-state index contributed by atoms with van der Waals surface area (Å²) < 4.78 is 5.10. The van der Waals surface area contributed by atoms with Gasteiger partial charge in [0, 0.05) is 11.6 Å². The van der Waals surface area contributed by atoms with E-state index < -0.39 is 4.92 Å². The molecule has 18 heavy (non-hydrogen) atoms. The Morgan fingerprint density at radius 3 is 2.67 bits per heavy atom. The van der Waals surface area contributed by atoms with Gasteiger partial charge in [0.1, 0.15) is 11.9 Å². The van der Waals surface area contributed by atoms with Gasteiger partial charge in [-0.15, -0.1) is 0 Å². The molecule has 1 aromatic heterocycles. The number of nitrogens with zero attached hydrogens (tertiary/aromatic N) is 2. The summed E-state index contributed by atoms with van der Waals surface area (Å²) in [6, 6.07) is 8.19. The molecule has 0 unspecified atom stereocenters. The van der Waals surface area contributed by atoms with Gasteiger partial charge in [0.25, 0.3) is 5.69 Å². The molecule has 0 spiro atoms. The van der Waals surface area contributed by atoms with Gasteiger partial charge >= 0.3 is 0 Å². The molecule has 2 rings (SSSR count). The molecule has 0 fully saturated rings. The van der Waals surface area contributed by atoms with E-state index in [0.717, 1.165) is 5.56 Å². The third-order valence-electron chi connectivity index (χ3n) is 2.41. The topological polar surface area (TPSA) is 65.3 Å². The number of pyridine rings is 1. The second kappa shape index (κ2) is 5.01. The van der Waals surface area contributed by atoms with Crippen LogP contribution in [0.15, 0.2) is 36.5 Å². The minimum atomic E-state index is -0.487. The molecule has 0 aliphatic carbocycles. The lowest BCUT2D eigenvalue weighted by Crippen LogP contribution is -1.91. The maximum atomic E-state index is 10.5. The van der Waals surface area contributed by atoms with Crippen LogP contribution in [0.3, 0.4) is 0 Å². The van der Waals surface area contributed by atoms with Crippen LogP contribution in [0.5, 0.6) is 5.75 Å². The maximum absolute atomic E-state index is 10.5. The second-order valence-corrected chi connectivity index (χ2v) is 3.92. The highest BCUT2D eigenvalue weighted by molar-refractivity contribution is 6.32. The second-order valence-electron chi connectivity index (χ2n) is 3.51. The van der Waals surface area contributed by atoms with E-state index in [4.69, 9.17) is 16.3 Å². The van der Waals surface area contributed by atoms with Gasteiger partial charge in [-0.1, -0.05) is 17.7 Å². The Morgan fingerprint density at radius 2 is 2.11 bits per heavy atom. The third kappa shape index (κ3) is 2.41. The van der Waals surface area contributed by atoms with E-state index in [1.54, 1.807) is 24.3 Å². The molecule has 0 saturated carbocycles. The van der Waals surface area contributed by atoms with Crippen molar-refractivity contribution in [3.05, 3.63) is 51.7 Å². The molecule has 0 N–H and O–H groups in total. The minimum Gasteiger partial charge on any atom is -0.495 e. The molecule has 0 atom stereocenters. The van der Waals surface area contributed by atoms with Crippen LogP contribution in [-0.4, -0.2) is 17.0 Å². The summed E-state index contributed by atoms with van der Waals surface area (Å²) in [5, 5.41) is 11.0. The van der Waals surface area contributed by atoms with Crippen molar-refractivity contribution in [2.45, 2.75) is 0 Å². The molecule has 0 bridgehead atoms. The number of aromatic nitrogens is 1. The number of methoxy groups -OCH3 is 1. The molecule has 0 aliphatic heterocycles. The van der Waals surface area contributed by atoms with E-state index in [2.05, 4.69) is 4.98 Å². The number of hydrogen-bond acceptors (Lipinski definition) is 4. The van der Waals surface area contributed by atoms with Crippen molar-refractivity contribution >= 4 is 17.3 Å². The first-order chi connectivity index (χ1) is 8.61. The summed E-state index contributed by atoms with van der Waals surface area (Å²) >= 11 is 5.92. The highest BCUT2D eigenvalue weighted by Crippen LogP contribution is 2.29. The van der Waals surface area contributed by atoms with Crippen LogP contribution >= 0.6 is 11.6 Å². The fourth-order valence-electron chi connectivity index (χ4n) is 1.48. The van der Waals surface area contributed by atoms with Gasteiger partial charge in [-0.3, -0.25) is 10.1 Å². The van der Waals surface area contributed by atoms with Crippen LogP contribution in [0, 0.1) is 10.1 Å². The van der Waals surface area contributed by atoms with Crippen LogP contribution in [0.1, 0.15) is 0 Å². The van der Waals surface area contributed by atoms with Gasteiger partial charge in [0.2, 0.25) is 0 Å². The van der Waals surface area contributed by atoms with Gasteiger partial charge in [-0.2, -0.15) is 0 Å². The average Bonchev–Trinajstić information content (AvgIpc) is 2.39. The molecule has 2 aromatic rings.